The molecule has 0 spiro atoms. The molecule has 3 rings (SSSR count). The Bertz CT molecular complexity index is 509. The van der Waals surface area contributed by atoms with Crippen molar-refractivity contribution in [1.82, 2.24) is 0 Å². The molecule has 0 amide bonds. The molecule has 0 atom stereocenters. The molecule has 3 aliphatic carbocycles. The van der Waals surface area contributed by atoms with Crippen LogP contribution in [-0.2, 0) is 19.0 Å². The van der Waals surface area contributed by atoms with Crippen LogP contribution in [0.5, 0.6) is 0 Å². The van der Waals surface area contributed by atoms with Crippen LogP contribution in [0.2, 0.25) is 0 Å². The average molecular weight is 435 g/mol. The summed E-state index contributed by atoms with van der Waals surface area (Å²) in [6.45, 7) is 6.73. The summed E-state index contributed by atoms with van der Waals surface area (Å²) in [6.07, 6.45) is 21.3. The van der Waals surface area contributed by atoms with E-state index in [1.165, 1.54) is 70.3 Å². The number of esters is 1. The normalized spacial score (nSPS) is 34.2. The van der Waals surface area contributed by atoms with Gasteiger partial charge in [0.2, 0.25) is 0 Å². The van der Waals surface area contributed by atoms with E-state index in [4.69, 9.17) is 14.2 Å². The summed E-state index contributed by atoms with van der Waals surface area (Å²) in [7, 11) is 0. The van der Waals surface area contributed by atoms with Crippen LogP contribution in [0.15, 0.2) is 12.7 Å². The maximum absolute atomic E-state index is 11.1. The van der Waals surface area contributed by atoms with Crippen molar-refractivity contribution >= 4 is 5.97 Å². The molecule has 4 heteroatoms. The largest absolute Gasteiger partial charge is 0.463 e. The molecule has 178 valence electrons. The zero-order valence-electron chi connectivity index (χ0n) is 19.9. The van der Waals surface area contributed by atoms with E-state index >= 15 is 0 Å². The lowest BCUT2D eigenvalue weighted by molar-refractivity contribution is -0.140. The molecule has 0 bridgehead atoms. The molecule has 0 aromatic heterocycles. The molecule has 3 saturated carbocycles. The topological polar surface area (TPSA) is 44.8 Å². The first-order chi connectivity index (χ1) is 15.2. The second kappa shape index (κ2) is 13.6. The summed E-state index contributed by atoms with van der Waals surface area (Å²) >= 11 is 0. The highest BCUT2D eigenvalue weighted by Crippen LogP contribution is 2.41. The van der Waals surface area contributed by atoms with Crippen LogP contribution in [0.1, 0.15) is 103 Å². The third-order valence-electron chi connectivity index (χ3n) is 8.31. The van der Waals surface area contributed by atoms with Crippen LogP contribution in [-0.4, -0.2) is 31.6 Å². The van der Waals surface area contributed by atoms with Gasteiger partial charge in [-0.2, -0.15) is 0 Å². The van der Waals surface area contributed by atoms with Crippen LogP contribution in [0.3, 0.4) is 0 Å². The zero-order valence-corrected chi connectivity index (χ0v) is 19.9. The van der Waals surface area contributed by atoms with Crippen molar-refractivity contribution in [3.63, 3.8) is 0 Å². The van der Waals surface area contributed by atoms with E-state index in [0.29, 0.717) is 31.5 Å². The molecule has 4 nitrogen and oxygen atoms in total. The molecule has 0 aromatic carbocycles. The quantitative estimate of drug-likeness (QED) is 0.203. The Balaban J connectivity index is 1.20. The Morgan fingerprint density at radius 1 is 0.774 bits per heavy atom. The van der Waals surface area contributed by atoms with Gasteiger partial charge in [0.1, 0.15) is 6.79 Å². The second-order valence-corrected chi connectivity index (χ2v) is 10.4. The van der Waals surface area contributed by atoms with E-state index in [1.54, 1.807) is 0 Å². The summed E-state index contributed by atoms with van der Waals surface area (Å²) in [5.41, 5.74) is 0. The van der Waals surface area contributed by atoms with Crippen molar-refractivity contribution in [1.29, 1.82) is 0 Å². The van der Waals surface area contributed by atoms with Crippen molar-refractivity contribution in [2.45, 2.75) is 115 Å². The molecule has 3 aliphatic rings. The highest BCUT2D eigenvalue weighted by atomic mass is 16.7. The summed E-state index contributed by atoms with van der Waals surface area (Å²) < 4.78 is 17.3. The summed E-state index contributed by atoms with van der Waals surface area (Å²) in [4.78, 5) is 11.1. The SMILES string of the molecule is C=CC(=O)OCCC1CCC(OCOC2CCC(C3CCC(CCC)CC3)CC2)CC1. The number of carbonyl (C=O) groups excluding carboxylic acids is 1. The summed E-state index contributed by atoms with van der Waals surface area (Å²) in [6, 6.07) is 0. The van der Waals surface area contributed by atoms with Crippen LogP contribution >= 0.6 is 0 Å². The minimum atomic E-state index is -0.317. The lowest BCUT2D eigenvalue weighted by Crippen LogP contribution is -2.30. The van der Waals surface area contributed by atoms with Crippen LogP contribution in [0.25, 0.3) is 0 Å². The molecule has 31 heavy (non-hydrogen) atoms. The number of rotatable bonds is 11. The average Bonchev–Trinajstić information content (AvgIpc) is 2.81. The summed E-state index contributed by atoms with van der Waals surface area (Å²) in [5, 5.41) is 0. The molecule has 0 aliphatic heterocycles. The Morgan fingerprint density at radius 3 is 1.81 bits per heavy atom. The van der Waals surface area contributed by atoms with Gasteiger partial charge in [-0.15, -0.1) is 0 Å². The van der Waals surface area contributed by atoms with E-state index in [1.807, 2.05) is 0 Å². The fourth-order valence-corrected chi connectivity index (χ4v) is 6.29. The lowest BCUT2D eigenvalue weighted by Gasteiger charge is -2.38. The molecule has 0 N–H and O–H groups in total. The first-order valence-corrected chi connectivity index (χ1v) is 13.2. The van der Waals surface area contributed by atoms with Crippen molar-refractivity contribution in [3.8, 4) is 0 Å². The standard InChI is InChI=1S/C27H46O4/c1-3-5-21-6-10-23(11-7-21)24-12-16-26(17-13-24)31-20-30-25-14-8-22(9-15-25)18-19-29-27(28)4-2/h4,21-26H,2-3,5-20H2,1H3. The van der Waals surface area contributed by atoms with Gasteiger partial charge in [0, 0.05) is 6.08 Å². The fourth-order valence-electron chi connectivity index (χ4n) is 6.29. The third kappa shape index (κ3) is 8.53. The Hall–Kier alpha value is -0.870. The van der Waals surface area contributed by atoms with Gasteiger partial charge in [-0.3, -0.25) is 0 Å². The monoisotopic (exact) mass is 434 g/mol. The maximum atomic E-state index is 11.1. The highest BCUT2D eigenvalue weighted by Gasteiger charge is 2.31. The molecule has 0 aromatic rings. The second-order valence-electron chi connectivity index (χ2n) is 10.4. The minimum Gasteiger partial charge on any atom is -0.463 e. The smallest absolute Gasteiger partial charge is 0.330 e. The van der Waals surface area contributed by atoms with Crippen molar-refractivity contribution in [2.75, 3.05) is 13.4 Å². The molecule has 0 radical (unpaired) electrons. The Morgan fingerprint density at radius 2 is 1.26 bits per heavy atom. The van der Waals surface area contributed by atoms with E-state index in [9.17, 15) is 4.79 Å². The van der Waals surface area contributed by atoms with Crippen molar-refractivity contribution in [3.05, 3.63) is 12.7 Å². The predicted molar refractivity (Wildman–Crippen MR) is 125 cm³/mol. The van der Waals surface area contributed by atoms with Gasteiger partial charge in [-0.05, 0) is 94.3 Å². The van der Waals surface area contributed by atoms with Crippen LogP contribution < -0.4 is 0 Å². The fraction of sp³-hybridized carbons (Fsp3) is 0.889. The van der Waals surface area contributed by atoms with Gasteiger partial charge in [-0.25, -0.2) is 4.79 Å². The molecular formula is C27H46O4. The lowest BCUT2D eigenvalue weighted by atomic mass is 9.70. The maximum Gasteiger partial charge on any atom is 0.330 e. The van der Waals surface area contributed by atoms with Gasteiger partial charge >= 0.3 is 5.97 Å². The Kier molecular flexibility index (Phi) is 10.9. The zero-order chi connectivity index (χ0) is 21.9. The van der Waals surface area contributed by atoms with Crippen molar-refractivity contribution < 1.29 is 19.0 Å². The van der Waals surface area contributed by atoms with Gasteiger partial charge < -0.3 is 14.2 Å². The molecule has 0 unspecified atom stereocenters. The molecule has 0 saturated heterocycles. The van der Waals surface area contributed by atoms with Gasteiger partial charge in [0.25, 0.3) is 0 Å². The van der Waals surface area contributed by atoms with Gasteiger partial charge in [-0.1, -0.05) is 39.2 Å². The minimum absolute atomic E-state index is 0.317. The number of hydrogen-bond acceptors (Lipinski definition) is 4. The predicted octanol–water partition coefficient (Wildman–Crippen LogP) is 6.82. The van der Waals surface area contributed by atoms with Crippen LogP contribution in [0.4, 0.5) is 0 Å². The van der Waals surface area contributed by atoms with E-state index in [0.717, 1.165) is 49.9 Å². The first kappa shape index (κ1) is 24.8. The van der Waals surface area contributed by atoms with E-state index in [2.05, 4.69) is 13.5 Å². The number of ether oxygens (including phenoxy) is 3. The highest BCUT2D eigenvalue weighted by molar-refractivity contribution is 5.81. The molecule has 3 fully saturated rings. The van der Waals surface area contributed by atoms with Crippen LogP contribution in [0, 0.1) is 23.7 Å². The number of carbonyl (C=O) groups is 1. The van der Waals surface area contributed by atoms with Crippen molar-refractivity contribution in [2.24, 2.45) is 23.7 Å². The first-order valence-electron chi connectivity index (χ1n) is 13.2. The molecule has 0 heterocycles. The number of hydrogen-bond donors (Lipinski definition) is 0. The summed E-state index contributed by atoms with van der Waals surface area (Å²) in [5.74, 6) is 3.28. The van der Waals surface area contributed by atoms with Gasteiger partial charge in [0.05, 0.1) is 18.8 Å². The van der Waals surface area contributed by atoms with Gasteiger partial charge in [0.15, 0.2) is 0 Å². The Labute approximate surface area is 190 Å². The van der Waals surface area contributed by atoms with E-state index < -0.39 is 0 Å². The molecular weight excluding hydrogens is 388 g/mol. The van der Waals surface area contributed by atoms with E-state index in [-0.39, 0.29) is 5.97 Å². The third-order valence-corrected chi connectivity index (χ3v) is 8.31.